The highest BCUT2D eigenvalue weighted by molar-refractivity contribution is 5.75. The molecule has 0 aromatic rings. The van der Waals surface area contributed by atoms with Gasteiger partial charge in [-0.1, -0.05) is 6.92 Å². The van der Waals surface area contributed by atoms with Gasteiger partial charge < -0.3 is 14.6 Å². The van der Waals surface area contributed by atoms with E-state index in [1.807, 2.05) is 0 Å². The Balaban J connectivity index is 2.18. The van der Waals surface area contributed by atoms with Crippen molar-refractivity contribution < 1.29 is 19.4 Å². The summed E-state index contributed by atoms with van der Waals surface area (Å²) in [6.45, 7) is 2.23. The van der Waals surface area contributed by atoms with Crippen LogP contribution >= 0.6 is 0 Å². The molecule has 0 saturated carbocycles. The first-order chi connectivity index (χ1) is 5.20. The molecule has 0 spiro atoms. The van der Waals surface area contributed by atoms with Crippen LogP contribution in [0.15, 0.2) is 0 Å². The number of fused-ring (bicyclic) bond motifs is 1. The molecule has 11 heavy (non-hydrogen) atoms. The molecule has 4 heteroatoms. The predicted molar refractivity (Wildman–Crippen MR) is 34.5 cm³/mol. The Morgan fingerprint density at radius 2 is 2.36 bits per heavy atom. The van der Waals surface area contributed by atoms with E-state index in [1.165, 1.54) is 0 Å². The first-order valence-corrected chi connectivity index (χ1v) is 3.70. The van der Waals surface area contributed by atoms with E-state index in [-0.39, 0.29) is 17.8 Å². The molecule has 4 atom stereocenters. The molecule has 0 amide bonds. The first-order valence-electron chi connectivity index (χ1n) is 3.70. The van der Waals surface area contributed by atoms with Crippen LogP contribution in [0.3, 0.4) is 0 Å². The van der Waals surface area contributed by atoms with Gasteiger partial charge in [-0.25, -0.2) is 0 Å². The predicted octanol–water partition coefficient (Wildman–Crippen LogP) is -0.487. The summed E-state index contributed by atoms with van der Waals surface area (Å²) in [5, 5.41) is 9.14. The van der Waals surface area contributed by atoms with Crippen LogP contribution in [0.5, 0.6) is 0 Å². The zero-order valence-electron chi connectivity index (χ0n) is 6.19. The minimum atomic E-state index is -0.908. The normalized spacial score (nSPS) is 49.1. The lowest BCUT2D eigenvalue weighted by atomic mass is 9.94. The average molecular weight is 158 g/mol. The van der Waals surface area contributed by atoms with E-state index in [2.05, 4.69) is 0 Å². The van der Waals surface area contributed by atoms with Crippen molar-refractivity contribution in [2.24, 2.45) is 11.8 Å². The molecule has 0 radical (unpaired) electrons. The maximum atomic E-state index is 10.9. The van der Waals surface area contributed by atoms with Crippen molar-refractivity contribution in [1.29, 1.82) is 0 Å². The fourth-order valence-electron chi connectivity index (χ4n) is 1.60. The van der Waals surface area contributed by atoms with E-state index < -0.39 is 12.4 Å². The molecular weight excluding hydrogens is 148 g/mol. The van der Waals surface area contributed by atoms with Gasteiger partial charge in [0.15, 0.2) is 12.4 Å². The molecule has 2 saturated heterocycles. The molecule has 1 N–H and O–H groups in total. The molecule has 0 aliphatic carbocycles. The molecular formula is C7H10O4. The fourth-order valence-corrected chi connectivity index (χ4v) is 1.60. The standard InChI is InChI=1S/C7H10O4/c1-3-4-2-10-7(9)5(4)11-6(3)8/h3-5,7,9H,2H2,1H3/t3-,4+,5-,7-/m0/s1. The second kappa shape index (κ2) is 2.19. The topological polar surface area (TPSA) is 55.8 Å². The number of esters is 1. The second-order valence-electron chi connectivity index (χ2n) is 3.08. The Morgan fingerprint density at radius 1 is 1.64 bits per heavy atom. The van der Waals surface area contributed by atoms with Crippen molar-refractivity contribution >= 4 is 5.97 Å². The van der Waals surface area contributed by atoms with Crippen molar-refractivity contribution in [2.75, 3.05) is 6.61 Å². The Kier molecular flexibility index (Phi) is 1.40. The Morgan fingerprint density at radius 3 is 3.00 bits per heavy atom. The zero-order chi connectivity index (χ0) is 8.01. The quantitative estimate of drug-likeness (QED) is 0.483. The lowest BCUT2D eigenvalue weighted by Crippen LogP contribution is -2.24. The van der Waals surface area contributed by atoms with Crippen LogP contribution in [0.4, 0.5) is 0 Å². The van der Waals surface area contributed by atoms with Crippen molar-refractivity contribution in [1.82, 2.24) is 0 Å². The van der Waals surface area contributed by atoms with Crippen molar-refractivity contribution in [2.45, 2.75) is 19.3 Å². The highest BCUT2D eigenvalue weighted by Gasteiger charge is 2.50. The van der Waals surface area contributed by atoms with Crippen LogP contribution < -0.4 is 0 Å². The lowest BCUT2D eigenvalue weighted by Gasteiger charge is -2.08. The second-order valence-corrected chi connectivity index (χ2v) is 3.08. The monoisotopic (exact) mass is 158 g/mol. The number of aliphatic hydroxyl groups is 1. The van der Waals surface area contributed by atoms with Gasteiger partial charge >= 0.3 is 5.97 Å². The van der Waals surface area contributed by atoms with Crippen molar-refractivity contribution in [3.63, 3.8) is 0 Å². The van der Waals surface area contributed by atoms with Crippen LogP contribution in [-0.4, -0.2) is 30.1 Å². The Labute approximate surface area is 64.1 Å². The van der Waals surface area contributed by atoms with Crippen LogP contribution in [0.25, 0.3) is 0 Å². The maximum Gasteiger partial charge on any atom is 0.309 e. The van der Waals surface area contributed by atoms with Gasteiger partial charge in [-0.3, -0.25) is 4.79 Å². The van der Waals surface area contributed by atoms with E-state index in [4.69, 9.17) is 14.6 Å². The molecule has 2 heterocycles. The third kappa shape index (κ3) is 0.862. The number of carbonyl (C=O) groups is 1. The highest BCUT2D eigenvalue weighted by atomic mass is 16.7. The number of hydrogen-bond acceptors (Lipinski definition) is 4. The minimum Gasteiger partial charge on any atom is -0.456 e. The van der Waals surface area contributed by atoms with E-state index >= 15 is 0 Å². The van der Waals surface area contributed by atoms with Gasteiger partial charge in [-0.2, -0.15) is 0 Å². The van der Waals surface area contributed by atoms with Crippen molar-refractivity contribution in [3.05, 3.63) is 0 Å². The Bertz CT molecular complexity index is 191. The van der Waals surface area contributed by atoms with E-state index in [1.54, 1.807) is 6.92 Å². The number of carbonyl (C=O) groups excluding carboxylic acids is 1. The summed E-state index contributed by atoms with van der Waals surface area (Å²) in [5.74, 6) is -0.294. The van der Waals surface area contributed by atoms with Crippen LogP contribution in [-0.2, 0) is 14.3 Å². The number of aliphatic hydroxyl groups excluding tert-OH is 1. The third-order valence-electron chi connectivity index (χ3n) is 2.43. The van der Waals surface area contributed by atoms with Crippen LogP contribution in [0.2, 0.25) is 0 Å². The minimum absolute atomic E-state index is 0.0532. The highest BCUT2D eigenvalue weighted by Crippen LogP contribution is 2.35. The Hall–Kier alpha value is -0.610. The molecule has 0 bridgehead atoms. The third-order valence-corrected chi connectivity index (χ3v) is 2.43. The lowest BCUT2D eigenvalue weighted by molar-refractivity contribution is -0.161. The summed E-state index contributed by atoms with van der Waals surface area (Å²) in [6, 6.07) is 0. The van der Waals surface area contributed by atoms with Gasteiger partial charge in [0.25, 0.3) is 0 Å². The number of rotatable bonds is 0. The molecule has 2 aliphatic rings. The van der Waals surface area contributed by atoms with E-state index in [0.29, 0.717) is 6.61 Å². The average Bonchev–Trinajstić information content (AvgIpc) is 2.43. The first kappa shape index (κ1) is 7.06. The van der Waals surface area contributed by atoms with E-state index in [0.717, 1.165) is 0 Å². The molecule has 0 aromatic heterocycles. The molecule has 4 nitrogen and oxygen atoms in total. The zero-order valence-corrected chi connectivity index (χ0v) is 6.19. The SMILES string of the molecule is C[C@@H]1C(=O)O[C@H]2[C@@H]1CO[C@@H]2O. The molecule has 0 unspecified atom stereocenters. The van der Waals surface area contributed by atoms with Gasteiger partial charge in [0.2, 0.25) is 0 Å². The number of hydrogen-bond donors (Lipinski definition) is 1. The molecule has 62 valence electrons. The van der Waals surface area contributed by atoms with Gasteiger partial charge in [0, 0.05) is 5.92 Å². The molecule has 2 aliphatic heterocycles. The van der Waals surface area contributed by atoms with Gasteiger partial charge in [0.1, 0.15) is 0 Å². The summed E-state index contributed by atoms with van der Waals surface area (Å²) in [7, 11) is 0. The maximum absolute atomic E-state index is 10.9. The summed E-state index contributed by atoms with van der Waals surface area (Å²) >= 11 is 0. The van der Waals surface area contributed by atoms with Gasteiger partial charge in [0.05, 0.1) is 12.5 Å². The largest absolute Gasteiger partial charge is 0.456 e. The van der Waals surface area contributed by atoms with Crippen LogP contribution in [0, 0.1) is 11.8 Å². The summed E-state index contributed by atoms with van der Waals surface area (Å²) < 4.78 is 9.81. The summed E-state index contributed by atoms with van der Waals surface area (Å²) in [5.41, 5.74) is 0. The number of ether oxygens (including phenoxy) is 2. The molecule has 2 fully saturated rings. The van der Waals surface area contributed by atoms with Crippen LogP contribution in [0.1, 0.15) is 6.92 Å². The summed E-state index contributed by atoms with van der Waals surface area (Å²) in [6.07, 6.45) is -1.33. The van der Waals surface area contributed by atoms with E-state index in [9.17, 15) is 4.79 Å². The molecule has 2 rings (SSSR count). The summed E-state index contributed by atoms with van der Waals surface area (Å²) in [4.78, 5) is 10.9. The smallest absolute Gasteiger partial charge is 0.309 e. The fraction of sp³-hybridized carbons (Fsp3) is 0.857. The van der Waals surface area contributed by atoms with Gasteiger partial charge in [-0.15, -0.1) is 0 Å². The van der Waals surface area contributed by atoms with Crippen molar-refractivity contribution in [3.8, 4) is 0 Å². The molecule has 0 aromatic carbocycles. The van der Waals surface area contributed by atoms with Gasteiger partial charge in [-0.05, 0) is 0 Å².